The van der Waals surface area contributed by atoms with Crippen LogP contribution in [0.5, 0.6) is 0 Å². The monoisotopic (exact) mass is 244 g/mol. The van der Waals surface area contributed by atoms with Crippen molar-refractivity contribution in [2.45, 2.75) is 33.1 Å². The van der Waals surface area contributed by atoms with Crippen LogP contribution in [-0.4, -0.2) is 26.2 Å². The fourth-order valence-corrected chi connectivity index (χ4v) is 3.62. The van der Waals surface area contributed by atoms with Crippen molar-refractivity contribution in [3.63, 3.8) is 0 Å². The van der Waals surface area contributed by atoms with Gasteiger partial charge in [0.25, 0.3) is 0 Å². The molecule has 2 aliphatic rings. The summed E-state index contributed by atoms with van der Waals surface area (Å²) in [7, 11) is 0. The molecule has 0 saturated carbocycles. The molecular weight excluding hydrogens is 220 g/mol. The Morgan fingerprint density at radius 3 is 2.83 bits per heavy atom. The largest absolute Gasteiger partial charge is 0.370 e. The summed E-state index contributed by atoms with van der Waals surface area (Å²) >= 11 is 0. The van der Waals surface area contributed by atoms with Crippen molar-refractivity contribution >= 4 is 5.69 Å². The number of rotatable bonds is 2. The van der Waals surface area contributed by atoms with Gasteiger partial charge < -0.3 is 10.2 Å². The Labute approximate surface area is 110 Å². The number of benzene rings is 1. The SMILES string of the molecule is CCc1cccc(C)c1N1CCCC2(CNC2)C1. The van der Waals surface area contributed by atoms with Gasteiger partial charge in [-0.2, -0.15) is 0 Å². The van der Waals surface area contributed by atoms with Crippen molar-refractivity contribution < 1.29 is 0 Å². The number of aryl methyl sites for hydroxylation is 2. The Morgan fingerprint density at radius 2 is 2.17 bits per heavy atom. The lowest BCUT2D eigenvalue weighted by Gasteiger charge is -2.50. The summed E-state index contributed by atoms with van der Waals surface area (Å²) in [5, 5.41) is 3.46. The van der Waals surface area contributed by atoms with E-state index < -0.39 is 0 Å². The van der Waals surface area contributed by atoms with Gasteiger partial charge in [0.1, 0.15) is 0 Å². The van der Waals surface area contributed by atoms with Crippen LogP contribution >= 0.6 is 0 Å². The fraction of sp³-hybridized carbons (Fsp3) is 0.625. The molecule has 1 spiro atoms. The summed E-state index contributed by atoms with van der Waals surface area (Å²) in [5.41, 5.74) is 5.05. The second-order valence-corrected chi connectivity index (χ2v) is 6.06. The van der Waals surface area contributed by atoms with E-state index in [1.54, 1.807) is 0 Å². The molecule has 2 aliphatic heterocycles. The molecular formula is C16H24N2. The Bertz CT molecular complexity index is 435. The van der Waals surface area contributed by atoms with Crippen LogP contribution in [0.3, 0.4) is 0 Å². The predicted octanol–water partition coefficient (Wildman–Crippen LogP) is 2.75. The molecule has 1 aromatic carbocycles. The lowest BCUT2D eigenvalue weighted by atomic mass is 9.74. The Hall–Kier alpha value is -1.02. The maximum atomic E-state index is 3.46. The molecule has 1 aromatic rings. The maximum absolute atomic E-state index is 3.46. The van der Waals surface area contributed by atoms with Gasteiger partial charge in [-0.25, -0.2) is 0 Å². The van der Waals surface area contributed by atoms with Crippen molar-refractivity contribution in [1.29, 1.82) is 0 Å². The number of hydrogen-bond acceptors (Lipinski definition) is 2. The zero-order valence-electron chi connectivity index (χ0n) is 11.6. The highest BCUT2D eigenvalue weighted by atomic mass is 15.2. The highest BCUT2D eigenvalue weighted by Gasteiger charge is 2.41. The van der Waals surface area contributed by atoms with E-state index in [1.165, 1.54) is 55.8 Å². The van der Waals surface area contributed by atoms with Crippen LogP contribution in [-0.2, 0) is 6.42 Å². The summed E-state index contributed by atoms with van der Waals surface area (Å²) in [5.74, 6) is 0. The van der Waals surface area contributed by atoms with Crippen molar-refractivity contribution in [2.75, 3.05) is 31.1 Å². The zero-order valence-corrected chi connectivity index (χ0v) is 11.6. The van der Waals surface area contributed by atoms with Gasteiger partial charge in [-0.1, -0.05) is 25.1 Å². The van der Waals surface area contributed by atoms with Gasteiger partial charge >= 0.3 is 0 Å². The van der Waals surface area contributed by atoms with Crippen LogP contribution in [0.2, 0.25) is 0 Å². The van der Waals surface area contributed by atoms with E-state index in [1.807, 2.05) is 0 Å². The summed E-state index contributed by atoms with van der Waals surface area (Å²) in [6.45, 7) is 9.45. The molecule has 2 fully saturated rings. The molecule has 0 unspecified atom stereocenters. The average Bonchev–Trinajstić information content (AvgIpc) is 2.36. The quantitative estimate of drug-likeness (QED) is 0.860. The van der Waals surface area contributed by atoms with Crippen molar-refractivity contribution in [1.82, 2.24) is 5.32 Å². The van der Waals surface area contributed by atoms with Crippen LogP contribution in [0.4, 0.5) is 5.69 Å². The van der Waals surface area contributed by atoms with Crippen LogP contribution < -0.4 is 10.2 Å². The molecule has 0 atom stereocenters. The molecule has 2 heteroatoms. The van der Waals surface area contributed by atoms with E-state index in [4.69, 9.17) is 0 Å². The Kier molecular flexibility index (Phi) is 3.06. The minimum Gasteiger partial charge on any atom is -0.370 e. The molecule has 2 nitrogen and oxygen atoms in total. The van der Waals surface area contributed by atoms with Crippen molar-refractivity contribution in [3.8, 4) is 0 Å². The first-order valence-electron chi connectivity index (χ1n) is 7.28. The summed E-state index contributed by atoms with van der Waals surface area (Å²) in [4.78, 5) is 2.65. The number of nitrogens with zero attached hydrogens (tertiary/aromatic N) is 1. The second-order valence-electron chi connectivity index (χ2n) is 6.06. The van der Waals surface area contributed by atoms with Crippen LogP contribution in [0.15, 0.2) is 18.2 Å². The molecule has 0 radical (unpaired) electrons. The van der Waals surface area contributed by atoms with E-state index >= 15 is 0 Å². The number of anilines is 1. The topological polar surface area (TPSA) is 15.3 Å². The minimum absolute atomic E-state index is 0.575. The van der Waals surface area contributed by atoms with E-state index in [9.17, 15) is 0 Å². The highest BCUT2D eigenvalue weighted by Crippen LogP contribution is 2.37. The van der Waals surface area contributed by atoms with Gasteiger partial charge in [0.05, 0.1) is 0 Å². The first-order chi connectivity index (χ1) is 8.74. The zero-order chi connectivity index (χ0) is 12.6. The Balaban J connectivity index is 1.89. The number of hydrogen-bond donors (Lipinski definition) is 1. The third-order valence-corrected chi connectivity index (χ3v) is 4.68. The Morgan fingerprint density at radius 1 is 1.33 bits per heavy atom. The highest BCUT2D eigenvalue weighted by molar-refractivity contribution is 5.60. The molecule has 1 N–H and O–H groups in total. The minimum atomic E-state index is 0.575. The lowest BCUT2D eigenvalue weighted by molar-refractivity contribution is 0.138. The fourth-order valence-electron chi connectivity index (χ4n) is 3.62. The molecule has 0 amide bonds. The molecule has 98 valence electrons. The normalized spacial score (nSPS) is 22.0. The van der Waals surface area contributed by atoms with E-state index in [0.29, 0.717) is 5.41 Å². The van der Waals surface area contributed by atoms with Gasteiger partial charge in [-0.3, -0.25) is 0 Å². The molecule has 2 heterocycles. The van der Waals surface area contributed by atoms with Gasteiger partial charge in [0.2, 0.25) is 0 Å². The second kappa shape index (κ2) is 4.58. The first-order valence-corrected chi connectivity index (χ1v) is 7.28. The number of piperidine rings is 1. The van der Waals surface area contributed by atoms with E-state index in [2.05, 4.69) is 42.3 Å². The first kappa shape index (κ1) is 12.0. The predicted molar refractivity (Wildman–Crippen MR) is 77.3 cm³/mol. The van der Waals surface area contributed by atoms with E-state index in [0.717, 1.165) is 6.42 Å². The summed E-state index contributed by atoms with van der Waals surface area (Å²) in [6.07, 6.45) is 3.89. The number of nitrogens with one attached hydrogen (secondary N) is 1. The third-order valence-electron chi connectivity index (χ3n) is 4.68. The van der Waals surface area contributed by atoms with E-state index in [-0.39, 0.29) is 0 Å². The van der Waals surface area contributed by atoms with Crippen molar-refractivity contribution in [2.24, 2.45) is 5.41 Å². The standard InChI is InChI=1S/C16H24N2/c1-3-14-7-4-6-13(2)15(14)18-9-5-8-16(12-18)10-17-11-16/h4,6-7,17H,3,5,8-12H2,1-2H3. The molecule has 18 heavy (non-hydrogen) atoms. The summed E-state index contributed by atoms with van der Waals surface area (Å²) < 4.78 is 0. The van der Waals surface area contributed by atoms with Crippen LogP contribution in [0, 0.1) is 12.3 Å². The van der Waals surface area contributed by atoms with Gasteiger partial charge in [-0.05, 0) is 37.3 Å². The molecule has 0 aliphatic carbocycles. The van der Waals surface area contributed by atoms with Crippen LogP contribution in [0.25, 0.3) is 0 Å². The smallest absolute Gasteiger partial charge is 0.0428 e. The van der Waals surface area contributed by atoms with Gasteiger partial charge in [0.15, 0.2) is 0 Å². The lowest BCUT2D eigenvalue weighted by Crippen LogP contribution is -2.61. The number of para-hydroxylation sites is 1. The van der Waals surface area contributed by atoms with Crippen LogP contribution in [0.1, 0.15) is 30.9 Å². The molecule has 2 saturated heterocycles. The molecule has 3 rings (SSSR count). The molecule has 0 bridgehead atoms. The van der Waals surface area contributed by atoms with Crippen molar-refractivity contribution in [3.05, 3.63) is 29.3 Å². The van der Waals surface area contributed by atoms with Gasteiger partial charge in [0, 0.05) is 37.3 Å². The maximum Gasteiger partial charge on any atom is 0.0428 e. The summed E-state index contributed by atoms with van der Waals surface area (Å²) in [6, 6.07) is 6.75. The average molecular weight is 244 g/mol. The van der Waals surface area contributed by atoms with Gasteiger partial charge in [-0.15, -0.1) is 0 Å². The molecule has 0 aromatic heterocycles. The third kappa shape index (κ3) is 1.93.